The van der Waals surface area contributed by atoms with Crippen LogP contribution >= 0.6 is 11.6 Å². The predicted octanol–water partition coefficient (Wildman–Crippen LogP) is 2.33. The molecule has 1 aromatic rings. The van der Waals surface area contributed by atoms with Crippen molar-refractivity contribution in [3.8, 4) is 0 Å². The van der Waals surface area contributed by atoms with Crippen LogP contribution in [0.3, 0.4) is 0 Å². The highest BCUT2D eigenvalue weighted by molar-refractivity contribution is 6.32. The Kier molecular flexibility index (Phi) is 3.67. The van der Waals surface area contributed by atoms with Crippen molar-refractivity contribution in [2.75, 3.05) is 0 Å². The highest BCUT2D eigenvalue weighted by atomic mass is 35.5. The van der Waals surface area contributed by atoms with E-state index in [2.05, 4.69) is 5.32 Å². The first-order valence-corrected chi connectivity index (χ1v) is 5.95. The first-order valence-electron chi connectivity index (χ1n) is 5.57. The SMILES string of the molecule is O=C(O)/C=C/c1ccc(C(=O)NC2CC2)cc1Cl. The summed E-state index contributed by atoms with van der Waals surface area (Å²) in [5, 5.41) is 11.7. The van der Waals surface area contributed by atoms with Crippen LogP contribution in [0.5, 0.6) is 0 Å². The molecule has 2 rings (SSSR count). The fourth-order valence-corrected chi connectivity index (χ4v) is 1.70. The van der Waals surface area contributed by atoms with Crippen LogP contribution in [0.4, 0.5) is 0 Å². The van der Waals surface area contributed by atoms with Crippen LogP contribution in [0.2, 0.25) is 5.02 Å². The van der Waals surface area contributed by atoms with Gasteiger partial charge in [0, 0.05) is 22.7 Å². The maximum atomic E-state index is 11.7. The fraction of sp³-hybridized carbons (Fsp3) is 0.231. The Morgan fingerprint density at radius 2 is 2.11 bits per heavy atom. The molecular weight excluding hydrogens is 254 g/mol. The zero-order chi connectivity index (χ0) is 13.1. The van der Waals surface area contributed by atoms with Crippen molar-refractivity contribution >= 4 is 29.6 Å². The van der Waals surface area contributed by atoms with E-state index >= 15 is 0 Å². The van der Waals surface area contributed by atoms with Gasteiger partial charge in [-0.2, -0.15) is 0 Å². The molecule has 1 fully saturated rings. The van der Waals surface area contributed by atoms with Gasteiger partial charge in [0.25, 0.3) is 5.91 Å². The second-order valence-corrected chi connectivity index (χ2v) is 4.56. The number of carboxylic acid groups (broad SMARTS) is 1. The van der Waals surface area contributed by atoms with Gasteiger partial charge in [0.1, 0.15) is 0 Å². The van der Waals surface area contributed by atoms with Crippen LogP contribution in [0.25, 0.3) is 6.08 Å². The summed E-state index contributed by atoms with van der Waals surface area (Å²) in [4.78, 5) is 22.1. The monoisotopic (exact) mass is 265 g/mol. The lowest BCUT2D eigenvalue weighted by atomic mass is 10.1. The van der Waals surface area contributed by atoms with Crippen molar-refractivity contribution in [3.05, 3.63) is 40.4 Å². The molecule has 1 aliphatic rings. The number of aliphatic carboxylic acids is 1. The van der Waals surface area contributed by atoms with Crippen molar-refractivity contribution in [2.24, 2.45) is 0 Å². The number of hydrogen-bond donors (Lipinski definition) is 2. The second kappa shape index (κ2) is 5.23. The van der Waals surface area contributed by atoms with E-state index in [1.165, 1.54) is 6.08 Å². The molecule has 94 valence electrons. The van der Waals surface area contributed by atoms with Gasteiger partial charge >= 0.3 is 5.97 Å². The third-order valence-electron chi connectivity index (χ3n) is 2.58. The van der Waals surface area contributed by atoms with E-state index in [0.29, 0.717) is 22.2 Å². The molecule has 0 unspecified atom stereocenters. The molecule has 0 aromatic heterocycles. The lowest BCUT2D eigenvalue weighted by Crippen LogP contribution is -2.25. The summed E-state index contributed by atoms with van der Waals surface area (Å²) in [6.45, 7) is 0. The van der Waals surface area contributed by atoms with E-state index in [0.717, 1.165) is 18.9 Å². The number of halogens is 1. The first-order chi connectivity index (χ1) is 8.56. The van der Waals surface area contributed by atoms with E-state index < -0.39 is 5.97 Å². The Morgan fingerprint density at radius 3 is 2.67 bits per heavy atom. The molecule has 2 N–H and O–H groups in total. The van der Waals surface area contributed by atoms with Crippen molar-refractivity contribution < 1.29 is 14.7 Å². The fourth-order valence-electron chi connectivity index (χ4n) is 1.46. The largest absolute Gasteiger partial charge is 0.478 e. The molecule has 0 atom stereocenters. The number of carbonyl (C=O) groups excluding carboxylic acids is 1. The molecule has 1 amide bonds. The minimum Gasteiger partial charge on any atom is -0.478 e. The lowest BCUT2D eigenvalue weighted by Gasteiger charge is -2.05. The standard InChI is InChI=1S/C13H12ClNO3/c14-11-7-9(13(18)15-10-4-5-10)2-1-8(11)3-6-12(16)17/h1-3,6-7,10H,4-5H2,(H,15,18)(H,16,17)/b6-3+. The molecule has 1 aliphatic carbocycles. The number of carboxylic acids is 1. The van der Waals surface area contributed by atoms with E-state index in [4.69, 9.17) is 16.7 Å². The molecular formula is C13H12ClNO3. The van der Waals surface area contributed by atoms with Gasteiger partial charge < -0.3 is 10.4 Å². The highest BCUT2D eigenvalue weighted by Crippen LogP contribution is 2.22. The van der Waals surface area contributed by atoms with Crippen molar-refractivity contribution in [2.45, 2.75) is 18.9 Å². The topological polar surface area (TPSA) is 66.4 Å². The average molecular weight is 266 g/mol. The summed E-state index contributed by atoms with van der Waals surface area (Å²) in [5.41, 5.74) is 1.06. The van der Waals surface area contributed by atoms with Crippen molar-refractivity contribution in [1.29, 1.82) is 0 Å². The van der Waals surface area contributed by atoms with Gasteiger partial charge in [-0.1, -0.05) is 17.7 Å². The van der Waals surface area contributed by atoms with E-state index in [1.54, 1.807) is 18.2 Å². The summed E-state index contributed by atoms with van der Waals surface area (Å²) >= 11 is 5.98. The predicted molar refractivity (Wildman–Crippen MR) is 68.6 cm³/mol. The maximum Gasteiger partial charge on any atom is 0.328 e. The van der Waals surface area contributed by atoms with Gasteiger partial charge in [0.15, 0.2) is 0 Å². The Bertz CT molecular complexity index is 521. The minimum absolute atomic E-state index is 0.145. The first kappa shape index (κ1) is 12.6. The number of amides is 1. The van der Waals surface area contributed by atoms with Crippen LogP contribution in [0.15, 0.2) is 24.3 Å². The molecule has 1 aromatic carbocycles. The third kappa shape index (κ3) is 3.34. The van der Waals surface area contributed by atoms with Crippen LogP contribution < -0.4 is 5.32 Å². The molecule has 0 radical (unpaired) electrons. The summed E-state index contributed by atoms with van der Waals surface area (Å²) in [7, 11) is 0. The number of hydrogen-bond acceptors (Lipinski definition) is 2. The molecule has 5 heteroatoms. The van der Waals surface area contributed by atoms with E-state index in [9.17, 15) is 9.59 Å². The molecule has 0 spiro atoms. The highest BCUT2D eigenvalue weighted by Gasteiger charge is 2.23. The molecule has 0 heterocycles. The van der Waals surface area contributed by atoms with Gasteiger partial charge in [0.2, 0.25) is 0 Å². The summed E-state index contributed by atoms with van der Waals surface area (Å²) in [6.07, 6.45) is 4.45. The molecule has 1 saturated carbocycles. The van der Waals surface area contributed by atoms with Gasteiger partial charge in [-0.05, 0) is 36.6 Å². The number of benzene rings is 1. The van der Waals surface area contributed by atoms with Gasteiger partial charge in [0.05, 0.1) is 0 Å². The van der Waals surface area contributed by atoms with Crippen molar-refractivity contribution in [1.82, 2.24) is 5.32 Å². The zero-order valence-corrected chi connectivity index (χ0v) is 10.3. The average Bonchev–Trinajstić information content (AvgIpc) is 3.11. The van der Waals surface area contributed by atoms with Gasteiger partial charge in [-0.3, -0.25) is 4.79 Å². The quantitative estimate of drug-likeness (QED) is 0.821. The number of nitrogens with one attached hydrogen (secondary N) is 1. The lowest BCUT2D eigenvalue weighted by molar-refractivity contribution is -0.131. The van der Waals surface area contributed by atoms with E-state index in [1.807, 2.05) is 0 Å². The van der Waals surface area contributed by atoms with E-state index in [-0.39, 0.29) is 5.91 Å². The smallest absolute Gasteiger partial charge is 0.328 e. The van der Waals surface area contributed by atoms with Crippen molar-refractivity contribution in [3.63, 3.8) is 0 Å². The zero-order valence-electron chi connectivity index (χ0n) is 9.52. The Balaban J connectivity index is 2.13. The molecule has 18 heavy (non-hydrogen) atoms. The maximum absolute atomic E-state index is 11.7. The summed E-state index contributed by atoms with van der Waals surface area (Å²) < 4.78 is 0. The van der Waals surface area contributed by atoms with Gasteiger partial charge in [-0.25, -0.2) is 4.79 Å². The Morgan fingerprint density at radius 1 is 1.39 bits per heavy atom. The van der Waals surface area contributed by atoms with Crippen LogP contribution in [-0.4, -0.2) is 23.0 Å². The van der Waals surface area contributed by atoms with Crippen LogP contribution in [0.1, 0.15) is 28.8 Å². The van der Waals surface area contributed by atoms with Crippen LogP contribution in [-0.2, 0) is 4.79 Å². The van der Waals surface area contributed by atoms with Crippen LogP contribution in [0, 0.1) is 0 Å². The second-order valence-electron chi connectivity index (χ2n) is 4.16. The Hall–Kier alpha value is -1.81. The summed E-state index contributed by atoms with van der Waals surface area (Å²) in [6, 6.07) is 5.10. The normalized spacial score (nSPS) is 14.7. The third-order valence-corrected chi connectivity index (χ3v) is 2.91. The minimum atomic E-state index is -1.04. The molecule has 0 saturated heterocycles. The number of carbonyl (C=O) groups is 2. The molecule has 4 nitrogen and oxygen atoms in total. The number of rotatable bonds is 4. The molecule has 0 aliphatic heterocycles. The van der Waals surface area contributed by atoms with Gasteiger partial charge in [-0.15, -0.1) is 0 Å². The Labute approximate surface area is 109 Å². The molecule has 0 bridgehead atoms. The summed E-state index contributed by atoms with van der Waals surface area (Å²) in [5.74, 6) is -1.19.